The van der Waals surface area contributed by atoms with Gasteiger partial charge in [0.25, 0.3) is 0 Å². The van der Waals surface area contributed by atoms with E-state index in [1.807, 2.05) is 42.5 Å². The molecule has 1 aromatic heterocycles. The first kappa shape index (κ1) is 16.0. The molecule has 0 saturated carbocycles. The molecule has 1 fully saturated rings. The number of nitrogens with zero attached hydrogens (tertiary/aromatic N) is 2. The monoisotopic (exact) mass is 355 g/mol. The smallest absolute Gasteiger partial charge is 0.308 e. The minimum Gasteiger partial charge on any atom is -0.481 e. The fourth-order valence-corrected chi connectivity index (χ4v) is 3.59. The molecule has 0 spiro atoms. The number of H-pyrrole nitrogens is 1. The van der Waals surface area contributed by atoms with Gasteiger partial charge in [0, 0.05) is 24.3 Å². The van der Waals surface area contributed by atoms with Crippen molar-refractivity contribution >= 4 is 34.3 Å². The molecule has 0 radical (unpaired) electrons. The van der Waals surface area contributed by atoms with Gasteiger partial charge >= 0.3 is 5.97 Å². The van der Waals surface area contributed by atoms with E-state index in [1.54, 1.807) is 0 Å². The number of carbonyl (C=O) groups is 1. The Morgan fingerprint density at radius 1 is 1.28 bits per heavy atom. The molecule has 2 heterocycles. The van der Waals surface area contributed by atoms with Crippen LogP contribution in [-0.2, 0) is 4.79 Å². The SMILES string of the molecule is O=C(O)[C@@H]1CCCN(c2ccc(Cl)c(-c3nc4ccccc4[nH]3)c2)C1. The maximum absolute atomic E-state index is 11.3. The minimum atomic E-state index is -0.726. The fraction of sp³-hybridized carbons (Fsp3) is 0.263. The number of hydrogen-bond acceptors (Lipinski definition) is 3. The number of anilines is 1. The summed E-state index contributed by atoms with van der Waals surface area (Å²) < 4.78 is 0. The maximum Gasteiger partial charge on any atom is 0.308 e. The number of halogens is 1. The molecule has 5 nitrogen and oxygen atoms in total. The van der Waals surface area contributed by atoms with Crippen LogP contribution in [0.2, 0.25) is 5.02 Å². The van der Waals surface area contributed by atoms with Gasteiger partial charge in [0.05, 0.1) is 22.0 Å². The van der Waals surface area contributed by atoms with Crippen LogP contribution in [0.3, 0.4) is 0 Å². The lowest BCUT2D eigenvalue weighted by Crippen LogP contribution is -2.38. The Hall–Kier alpha value is -2.53. The van der Waals surface area contributed by atoms with E-state index in [0.29, 0.717) is 11.6 Å². The van der Waals surface area contributed by atoms with Gasteiger partial charge in [-0.2, -0.15) is 0 Å². The van der Waals surface area contributed by atoms with Gasteiger partial charge in [0.15, 0.2) is 0 Å². The van der Waals surface area contributed by atoms with Crippen LogP contribution in [0.4, 0.5) is 5.69 Å². The third kappa shape index (κ3) is 3.07. The number of imidazole rings is 1. The first-order chi connectivity index (χ1) is 12.1. The van der Waals surface area contributed by atoms with E-state index in [-0.39, 0.29) is 5.92 Å². The molecule has 1 saturated heterocycles. The fourth-order valence-electron chi connectivity index (χ4n) is 3.39. The molecule has 2 aromatic carbocycles. The Morgan fingerprint density at radius 2 is 2.12 bits per heavy atom. The average molecular weight is 356 g/mol. The van der Waals surface area contributed by atoms with E-state index >= 15 is 0 Å². The second-order valence-electron chi connectivity index (χ2n) is 6.39. The lowest BCUT2D eigenvalue weighted by molar-refractivity contribution is -0.141. The summed E-state index contributed by atoms with van der Waals surface area (Å²) in [4.78, 5) is 21.3. The van der Waals surface area contributed by atoms with Gasteiger partial charge in [-0.1, -0.05) is 23.7 Å². The summed E-state index contributed by atoms with van der Waals surface area (Å²) in [5.41, 5.74) is 3.66. The number of aliphatic carboxylic acids is 1. The highest BCUT2D eigenvalue weighted by atomic mass is 35.5. The van der Waals surface area contributed by atoms with Gasteiger partial charge < -0.3 is 15.0 Å². The van der Waals surface area contributed by atoms with Gasteiger partial charge in [0.2, 0.25) is 0 Å². The quantitative estimate of drug-likeness (QED) is 0.739. The molecule has 1 aliphatic heterocycles. The molecule has 0 aliphatic carbocycles. The number of aromatic amines is 1. The van der Waals surface area contributed by atoms with Crippen LogP contribution in [0.5, 0.6) is 0 Å². The first-order valence-corrected chi connectivity index (χ1v) is 8.72. The zero-order chi connectivity index (χ0) is 17.4. The molecule has 0 amide bonds. The van der Waals surface area contributed by atoms with Crippen molar-refractivity contribution in [3.8, 4) is 11.4 Å². The van der Waals surface area contributed by atoms with Gasteiger partial charge in [-0.25, -0.2) is 4.98 Å². The third-order valence-corrected chi connectivity index (χ3v) is 5.06. The van der Waals surface area contributed by atoms with Crippen LogP contribution >= 0.6 is 11.6 Å². The molecule has 2 N–H and O–H groups in total. The van der Waals surface area contributed by atoms with Crippen LogP contribution < -0.4 is 4.90 Å². The second-order valence-corrected chi connectivity index (χ2v) is 6.80. The van der Waals surface area contributed by atoms with Gasteiger partial charge in [-0.3, -0.25) is 4.79 Å². The van der Waals surface area contributed by atoms with Gasteiger partial charge in [-0.05, 0) is 43.2 Å². The predicted molar refractivity (Wildman–Crippen MR) is 99.1 cm³/mol. The van der Waals surface area contributed by atoms with Crippen molar-refractivity contribution in [3.05, 3.63) is 47.5 Å². The van der Waals surface area contributed by atoms with E-state index < -0.39 is 5.97 Å². The predicted octanol–water partition coefficient (Wildman–Crippen LogP) is 4.18. The van der Waals surface area contributed by atoms with E-state index in [1.165, 1.54) is 0 Å². The number of fused-ring (bicyclic) bond motifs is 1. The van der Waals surface area contributed by atoms with E-state index in [4.69, 9.17) is 11.6 Å². The van der Waals surface area contributed by atoms with Crippen molar-refractivity contribution in [1.29, 1.82) is 0 Å². The number of piperidine rings is 1. The Morgan fingerprint density at radius 3 is 2.92 bits per heavy atom. The van der Waals surface area contributed by atoms with Crippen molar-refractivity contribution in [2.75, 3.05) is 18.0 Å². The van der Waals surface area contributed by atoms with Crippen LogP contribution in [0, 0.1) is 5.92 Å². The average Bonchev–Trinajstić information content (AvgIpc) is 3.06. The Balaban J connectivity index is 1.70. The highest BCUT2D eigenvalue weighted by Gasteiger charge is 2.26. The summed E-state index contributed by atoms with van der Waals surface area (Å²) in [7, 11) is 0. The molecular formula is C19H18ClN3O2. The van der Waals surface area contributed by atoms with Crippen LogP contribution in [0.15, 0.2) is 42.5 Å². The molecule has 25 heavy (non-hydrogen) atoms. The van der Waals surface area contributed by atoms with Gasteiger partial charge in [-0.15, -0.1) is 0 Å². The highest BCUT2D eigenvalue weighted by Crippen LogP contribution is 2.33. The highest BCUT2D eigenvalue weighted by molar-refractivity contribution is 6.33. The second kappa shape index (κ2) is 6.41. The molecule has 0 bridgehead atoms. The lowest BCUT2D eigenvalue weighted by atomic mass is 9.97. The van der Waals surface area contributed by atoms with E-state index in [2.05, 4.69) is 14.9 Å². The Bertz CT molecular complexity index is 904. The van der Waals surface area contributed by atoms with Crippen LogP contribution in [-0.4, -0.2) is 34.1 Å². The van der Waals surface area contributed by atoms with E-state index in [0.717, 1.165) is 47.5 Å². The standard InChI is InChI=1S/C19H18ClN3O2/c20-15-8-7-13(23-9-3-4-12(11-23)19(24)25)10-14(15)18-21-16-5-1-2-6-17(16)22-18/h1-2,5-8,10,12H,3-4,9,11H2,(H,21,22)(H,24,25)/t12-/m1/s1. The number of carboxylic acids is 1. The summed E-state index contributed by atoms with van der Waals surface area (Å²) in [5, 5.41) is 9.92. The summed E-state index contributed by atoms with van der Waals surface area (Å²) in [6.45, 7) is 1.38. The first-order valence-electron chi connectivity index (χ1n) is 8.34. The number of nitrogens with one attached hydrogen (secondary N) is 1. The number of benzene rings is 2. The van der Waals surface area contributed by atoms with Crippen molar-refractivity contribution < 1.29 is 9.90 Å². The summed E-state index contributed by atoms with van der Waals surface area (Å²) in [6, 6.07) is 13.6. The summed E-state index contributed by atoms with van der Waals surface area (Å²) >= 11 is 6.40. The number of aromatic nitrogens is 2. The molecule has 3 aromatic rings. The zero-order valence-corrected chi connectivity index (χ0v) is 14.3. The summed E-state index contributed by atoms with van der Waals surface area (Å²) in [6.07, 6.45) is 1.61. The Kier molecular flexibility index (Phi) is 4.09. The zero-order valence-electron chi connectivity index (χ0n) is 13.6. The minimum absolute atomic E-state index is 0.320. The number of hydrogen-bond donors (Lipinski definition) is 2. The Labute approximate surface area is 150 Å². The lowest BCUT2D eigenvalue weighted by Gasteiger charge is -2.32. The molecule has 4 rings (SSSR count). The maximum atomic E-state index is 11.3. The normalized spacial score (nSPS) is 17.8. The number of carboxylic acid groups (broad SMARTS) is 1. The van der Waals surface area contributed by atoms with Crippen molar-refractivity contribution in [3.63, 3.8) is 0 Å². The summed E-state index contributed by atoms with van der Waals surface area (Å²) in [5.74, 6) is -0.324. The molecule has 1 atom stereocenters. The van der Waals surface area contributed by atoms with Crippen molar-refractivity contribution in [1.82, 2.24) is 9.97 Å². The van der Waals surface area contributed by atoms with E-state index in [9.17, 15) is 9.90 Å². The van der Waals surface area contributed by atoms with Crippen molar-refractivity contribution in [2.24, 2.45) is 5.92 Å². The molecule has 6 heteroatoms. The van der Waals surface area contributed by atoms with Gasteiger partial charge in [0.1, 0.15) is 5.82 Å². The molecular weight excluding hydrogens is 338 g/mol. The molecule has 0 unspecified atom stereocenters. The van der Waals surface area contributed by atoms with Crippen molar-refractivity contribution in [2.45, 2.75) is 12.8 Å². The third-order valence-electron chi connectivity index (χ3n) is 4.73. The molecule has 1 aliphatic rings. The largest absolute Gasteiger partial charge is 0.481 e. The number of para-hydroxylation sites is 2. The van der Waals surface area contributed by atoms with Crippen LogP contribution in [0.1, 0.15) is 12.8 Å². The topological polar surface area (TPSA) is 69.2 Å². The van der Waals surface area contributed by atoms with Crippen LogP contribution in [0.25, 0.3) is 22.4 Å². The number of rotatable bonds is 3. The molecule has 128 valence electrons.